The molecule has 32 heavy (non-hydrogen) atoms. The van der Waals surface area contributed by atoms with Crippen molar-refractivity contribution in [2.45, 2.75) is 13.5 Å². The summed E-state index contributed by atoms with van der Waals surface area (Å²) in [5, 5.41) is 8.53. The Balaban J connectivity index is 1.40. The third-order valence-corrected chi connectivity index (χ3v) is 6.66. The van der Waals surface area contributed by atoms with Crippen LogP contribution in [0.25, 0.3) is 11.2 Å². The predicted octanol–water partition coefficient (Wildman–Crippen LogP) is 2.14. The van der Waals surface area contributed by atoms with Crippen molar-refractivity contribution in [2.24, 2.45) is 0 Å². The zero-order valence-electron chi connectivity index (χ0n) is 17.7. The molecule has 1 aromatic carbocycles. The number of nitrogens with one attached hydrogen (secondary N) is 3. The number of pyridine rings is 1. The summed E-state index contributed by atoms with van der Waals surface area (Å²) in [6, 6.07) is 11.0. The number of hydrogen-bond acceptors (Lipinski definition) is 8. The van der Waals surface area contributed by atoms with E-state index in [1.54, 1.807) is 18.3 Å². The van der Waals surface area contributed by atoms with Gasteiger partial charge in [-0.05, 0) is 36.8 Å². The van der Waals surface area contributed by atoms with Gasteiger partial charge in [-0.1, -0.05) is 12.1 Å². The van der Waals surface area contributed by atoms with E-state index in [0.717, 1.165) is 17.8 Å². The fourth-order valence-electron chi connectivity index (χ4n) is 3.36. The Bertz CT molecular complexity index is 1200. The molecule has 0 spiro atoms. The molecule has 0 aliphatic carbocycles. The van der Waals surface area contributed by atoms with Gasteiger partial charge >= 0.3 is 6.03 Å². The Labute approximate surface area is 186 Å². The van der Waals surface area contributed by atoms with Crippen LogP contribution < -0.4 is 16.0 Å². The number of fused-ring (bicyclic) bond motifs is 1. The molecule has 1 saturated heterocycles. The van der Waals surface area contributed by atoms with Gasteiger partial charge in [-0.3, -0.25) is 10.2 Å². The van der Waals surface area contributed by atoms with Crippen molar-refractivity contribution in [1.29, 1.82) is 0 Å². The zero-order valence-corrected chi connectivity index (χ0v) is 18.5. The first-order valence-corrected chi connectivity index (χ1v) is 12.2. The fraction of sp³-hybridized carbons (Fsp3) is 0.333. The maximum atomic E-state index is 11.7. The van der Waals surface area contributed by atoms with Crippen molar-refractivity contribution in [2.75, 3.05) is 41.8 Å². The molecular formula is C21H25N7O3S. The molecule has 1 aliphatic rings. The van der Waals surface area contributed by atoms with E-state index in [-0.39, 0.29) is 17.5 Å². The summed E-state index contributed by atoms with van der Waals surface area (Å²) in [4.78, 5) is 27.1. The minimum atomic E-state index is -2.87. The van der Waals surface area contributed by atoms with Crippen LogP contribution in [0.15, 0.2) is 42.6 Å². The fourth-order valence-corrected chi connectivity index (χ4v) is 4.63. The molecule has 2 aromatic heterocycles. The first kappa shape index (κ1) is 21.9. The molecule has 168 valence electrons. The van der Waals surface area contributed by atoms with E-state index in [1.165, 1.54) is 0 Å². The SMILES string of the molecule is CCNC(=O)Nc1ccc2ncc(Nc3ccc(CN4CCS(=O)(=O)CC4)cc3)nc2n1. The van der Waals surface area contributed by atoms with Gasteiger partial charge in [-0.15, -0.1) is 0 Å². The summed E-state index contributed by atoms with van der Waals surface area (Å²) in [5.74, 6) is 1.38. The first-order valence-electron chi connectivity index (χ1n) is 10.4. The van der Waals surface area contributed by atoms with Crippen LogP contribution in [0.4, 0.5) is 22.1 Å². The molecule has 0 atom stereocenters. The number of carbonyl (C=O) groups excluding carboxylic acids is 1. The topological polar surface area (TPSA) is 129 Å². The lowest BCUT2D eigenvalue weighted by Gasteiger charge is -2.26. The molecule has 0 saturated carbocycles. The van der Waals surface area contributed by atoms with Crippen molar-refractivity contribution in [3.8, 4) is 0 Å². The Morgan fingerprint density at radius 2 is 1.75 bits per heavy atom. The first-order chi connectivity index (χ1) is 15.4. The quantitative estimate of drug-likeness (QED) is 0.516. The largest absolute Gasteiger partial charge is 0.339 e. The van der Waals surface area contributed by atoms with Crippen molar-refractivity contribution in [1.82, 2.24) is 25.2 Å². The van der Waals surface area contributed by atoms with Crippen LogP contribution in [0.5, 0.6) is 0 Å². The molecule has 3 aromatic rings. The summed E-state index contributed by atoms with van der Waals surface area (Å²) in [7, 11) is -2.87. The van der Waals surface area contributed by atoms with Crippen LogP contribution in [0.3, 0.4) is 0 Å². The number of rotatable bonds is 6. The van der Waals surface area contributed by atoms with Crippen molar-refractivity contribution < 1.29 is 13.2 Å². The molecule has 4 rings (SSSR count). The van der Waals surface area contributed by atoms with Crippen molar-refractivity contribution in [3.63, 3.8) is 0 Å². The van der Waals surface area contributed by atoms with Gasteiger partial charge in [-0.25, -0.2) is 28.2 Å². The Morgan fingerprint density at radius 1 is 1.03 bits per heavy atom. The number of benzene rings is 1. The van der Waals surface area contributed by atoms with E-state index >= 15 is 0 Å². The van der Waals surface area contributed by atoms with Crippen LogP contribution in [-0.2, 0) is 16.4 Å². The van der Waals surface area contributed by atoms with E-state index in [1.807, 2.05) is 31.2 Å². The van der Waals surface area contributed by atoms with E-state index in [0.29, 0.717) is 42.4 Å². The number of nitrogens with zero attached hydrogens (tertiary/aromatic N) is 4. The Kier molecular flexibility index (Phi) is 6.47. The molecule has 3 N–H and O–H groups in total. The minimum absolute atomic E-state index is 0.224. The smallest absolute Gasteiger partial charge is 0.320 e. The second-order valence-electron chi connectivity index (χ2n) is 7.53. The van der Waals surface area contributed by atoms with Gasteiger partial charge in [0.1, 0.15) is 11.3 Å². The van der Waals surface area contributed by atoms with Crippen LogP contribution >= 0.6 is 0 Å². The summed E-state index contributed by atoms with van der Waals surface area (Å²) in [5.41, 5.74) is 3.00. The molecule has 1 fully saturated rings. The highest BCUT2D eigenvalue weighted by Crippen LogP contribution is 2.19. The number of hydrogen-bond donors (Lipinski definition) is 3. The van der Waals surface area contributed by atoms with Crippen molar-refractivity contribution in [3.05, 3.63) is 48.2 Å². The lowest BCUT2D eigenvalue weighted by atomic mass is 10.2. The Hall–Kier alpha value is -3.31. The van der Waals surface area contributed by atoms with Crippen LogP contribution in [0.2, 0.25) is 0 Å². The van der Waals surface area contributed by atoms with E-state index in [4.69, 9.17) is 0 Å². The second kappa shape index (κ2) is 9.45. The zero-order chi connectivity index (χ0) is 22.6. The van der Waals surface area contributed by atoms with E-state index < -0.39 is 9.84 Å². The number of urea groups is 1. The average Bonchev–Trinajstić information content (AvgIpc) is 2.76. The third kappa shape index (κ3) is 5.68. The molecule has 3 heterocycles. The maximum Gasteiger partial charge on any atom is 0.320 e. The van der Waals surface area contributed by atoms with E-state index in [9.17, 15) is 13.2 Å². The van der Waals surface area contributed by atoms with Crippen LogP contribution in [0, 0.1) is 0 Å². The summed E-state index contributed by atoms with van der Waals surface area (Å²) in [6.07, 6.45) is 1.63. The van der Waals surface area contributed by atoms with Gasteiger partial charge in [-0.2, -0.15) is 0 Å². The van der Waals surface area contributed by atoms with Crippen molar-refractivity contribution >= 4 is 44.4 Å². The van der Waals surface area contributed by atoms with Gasteiger partial charge in [0.05, 0.1) is 17.7 Å². The number of aromatic nitrogens is 3. The number of anilines is 3. The van der Waals surface area contributed by atoms with E-state index in [2.05, 4.69) is 35.8 Å². The number of amides is 2. The monoisotopic (exact) mass is 455 g/mol. The van der Waals surface area contributed by atoms with Gasteiger partial charge in [0.2, 0.25) is 0 Å². The summed E-state index contributed by atoms with van der Waals surface area (Å²) >= 11 is 0. The summed E-state index contributed by atoms with van der Waals surface area (Å²) in [6.45, 7) is 4.21. The van der Waals surface area contributed by atoms with Crippen LogP contribution in [0.1, 0.15) is 12.5 Å². The maximum absolute atomic E-state index is 11.7. The predicted molar refractivity (Wildman–Crippen MR) is 124 cm³/mol. The Morgan fingerprint density at radius 3 is 2.47 bits per heavy atom. The molecule has 0 unspecified atom stereocenters. The number of sulfone groups is 1. The van der Waals surface area contributed by atoms with Crippen LogP contribution in [-0.4, -0.2) is 65.4 Å². The summed E-state index contributed by atoms with van der Waals surface area (Å²) < 4.78 is 23.1. The number of carbonyl (C=O) groups is 1. The lowest BCUT2D eigenvalue weighted by molar-refractivity contribution is 0.252. The highest BCUT2D eigenvalue weighted by molar-refractivity contribution is 7.91. The minimum Gasteiger partial charge on any atom is -0.339 e. The molecule has 0 bridgehead atoms. The molecule has 1 aliphatic heterocycles. The highest BCUT2D eigenvalue weighted by Gasteiger charge is 2.21. The normalized spacial score (nSPS) is 15.9. The molecule has 2 amide bonds. The van der Waals surface area contributed by atoms with Gasteiger partial charge in [0, 0.05) is 31.9 Å². The highest BCUT2D eigenvalue weighted by atomic mass is 32.2. The molecular weight excluding hydrogens is 430 g/mol. The second-order valence-corrected chi connectivity index (χ2v) is 9.83. The average molecular weight is 456 g/mol. The standard InChI is InChI=1S/C21H25N7O3S/c1-2-22-21(29)27-18-8-7-17-20(25-18)26-19(13-23-17)24-16-5-3-15(4-6-16)14-28-9-11-32(30,31)12-10-28/h3-8,13H,2,9-12,14H2,1H3,(H3,22,24,25,26,27,29). The lowest BCUT2D eigenvalue weighted by Crippen LogP contribution is -2.39. The third-order valence-electron chi connectivity index (χ3n) is 5.06. The van der Waals surface area contributed by atoms with Gasteiger partial charge in [0.25, 0.3) is 0 Å². The molecule has 10 nitrogen and oxygen atoms in total. The van der Waals surface area contributed by atoms with Gasteiger partial charge < -0.3 is 10.6 Å². The van der Waals surface area contributed by atoms with Gasteiger partial charge in [0.15, 0.2) is 21.3 Å². The molecule has 0 radical (unpaired) electrons. The molecule has 11 heteroatoms.